The molecule has 0 bridgehead atoms. The van der Waals surface area contributed by atoms with E-state index < -0.39 is 0 Å². The Balaban J connectivity index is 2.33. The molecule has 0 amide bonds. The Labute approximate surface area is 95.4 Å². The third-order valence-electron chi connectivity index (χ3n) is 3.24. The maximum Gasteiger partial charge on any atom is 0.153 e. The van der Waals surface area contributed by atoms with E-state index >= 15 is 0 Å². The molecule has 0 radical (unpaired) electrons. The van der Waals surface area contributed by atoms with Crippen LogP contribution >= 0.6 is 0 Å². The Bertz CT molecular complexity index is 394. The van der Waals surface area contributed by atoms with Gasteiger partial charge in [-0.2, -0.15) is 0 Å². The SMILES string of the molecule is COCC1(c2ccc(OC)c(C=O)c2)CC1. The molecule has 1 saturated carbocycles. The molecule has 0 unspecified atom stereocenters. The molecule has 0 spiro atoms. The molecule has 1 aliphatic carbocycles. The van der Waals surface area contributed by atoms with E-state index in [4.69, 9.17) is 9.47 Å². The molecule has 0 N–H and O–H groups in total. The summed E-state index contributed by atoms with van der Waals surface area (Å²) in [5, 5.41) is 0. The lowest BCUT2D eigenvalue weighted by atomic mass is 9.95. The fourth-order valence-corrected chi connectivity index (χ4v) is 2.10. The summed E-state index contributed by atoms with van der Waals surface area (Å²) in [6.07, 6.45) is 3.10. The van der Waals surface area contributed by atoms with Crippen molar-refractivity contribution < 1.29 is 14.3 Å². The molecule has 0 saturated heterocycles. The number of benzene rings is 1. The van der Waals surface area contributed by atoms with Gasteiger partial charge >= 0.3 is 0 Å². The van der Waals surface area contributed by atoms with Gasteiger partial charge in [0.2, 0.25) is 0 Å². The number of methoxy groups -OCH3 is 2. The zero-order valence-electron chi connectivity index (χ0n) is 9.66. The van der Waals surface area contributed by atoms with Gasteiger partial charge in [0.15, 0.2) is 6.29 Å². The van der Waals surface area contributed by atoms with Crippen LogP contribution in [0.15, 0.2) is 18.2 Å². The Morgan fingerprint density at radius 2 is 2.12 bits per heavy atom. The minimum absolute atomic E-state index is 0.138. The molecule has 1 fully saturated rings. The van der Waals surface area contributed by atoms with Gasteiger partial charge < -0.3 is 9.47 Å². The molecule has 0 aromatic heterocycles. The molecular formula is C13H16O3. The van der Waals surface area contributed by atoms with E-state index in [1.165, 1.54) is 5.56 Å². The Kier molecular flexibility index (Phi) is 2.97. The number of ether oxygens (including phenoxy) is 2. The van der Waals surface area contributed by atoms with Crippen molar-refractivity contribution in [1.29, 1.82) is 0 Å². The normalized spacial score (nSPS) is 16.9. The smallest absolute Gasteiger partial charge is 0.153 e. The molecular weight excluding hydrogens is 204 g/mol. The van der Waals surface area contributed by atoms with Crippen LogP contribution in [-0.2, 0) is 10.2 Å². The van der Waals surface area contributed by atoms with Crippen LogP contribution in [0.5, 0.6) is 5.75 Å². The first kappa shape index (κ1) is 11.1. The summed E-state index contributed by atoms with van der Waals surface area (Å²) >= 11 is 0. The summed E-state index contributed by atoms with van der Waals surface area (Å²) in [5.41, 5.74) is 1.93. The quantitative estimate of drug-likeness (QED) is 0.713. The predicted molar refractivity (Wildman–Crippen MR) is 61.2 cm³/mol. The molecule has 3 nitrogen and oxygen atoms in total. The van der Waals surface area contributed by atoms with Crippen molar-refractivity contribution in [2.45, 2.75) is 18.3 Å². The monoisotopic (exact) mass is 220 g/mol. The van der Waals surface area contributed by atoms with Gasteiger partial charge in [0.05, 0.1) is 19.3 Å². The summed E-state index contributed by atoms with van der Waals surface area (Å²) in [6, 6.07) is 5.80. The molecule has 16 heavy (non-hydrogen) atoms. The Morgan fingerprint density at radius 1 is 1.38 bits per heavy atom. The second-order valence-corrected chi connectivity index (χ2v) is 4.29. The number of carbonyl (C=O) groups is 1. The summed E-state index contributed by atoms with van der Waals surface area (Å²) in [4.78, 5) is 10.9. The van der Waals surface area contributed by atoms with Crippen molar-refractivity contribution in [3.05, 3.63) is 29.3 Å². The van der Waals surface area contributed by atoms with Crippen LogP contribution in [-0.4, -0.2) is 27.1 Å². The van der Waals surface area contributed by atoms with Crippen molar-refractivity contribution in [2.75, 3.05) is 20.8 Å². The van der Waals surface area contributed by atoms with Gasteiger partial charge in [-0.15, -0.1) is 0 Å². The van der Waals surface area contributed by atoms with Gasteiger partial charge in [0, 0.05) is 12.5 Å². The van der Waals surface area contributed by atoms with Crippen LogP contribution in [0.1, 0.15) is 28.8 Å². The number of hydrogen-bond acceptors (Lipinski definition) is 3. The lowest BCUT2D eigenvalue weighted by Crippen LogP contribution is -2.14. The first-order valence-corrected chi connectivity index (χ1v) is 5.38. The van der Waals surface area contributed by atoms with Gasteiger partial charge in [-0.1, -0.05) is 6.07 Å². The number of hydrogen-bond donors (Lipinski definition) is 0. The fourth-order valence-electron chi connectivity index (χ4n) is 2.10. The van der Waals surface area contributed by atoms with Crippen LogP contribution in [0.25, 0.3) is 0 Å². The van der Waals surface area contributed by atoms with Gasteiger partial charge in [0.1, 0.15) is 5.75 Å². The molecule has 1 aromatic rings. The lowest BCUT2D eigenvalue weighted by Gasteiger charge is -2.15. The average Bonchev–Trinajstić information content (AvgIpc) is 3.09. The second kappa shape index (κ2) is 4.26. The highest BCUT2D eigenvalue weighted by atomic mass is 16.5. The first-order valence-electron chi connectivity index (χ1n) is 5.38. The van der Waals surface area contributed by atoms with Crippen molar-refractivity contribution in [2.24, 2.45) is 0 Å². The molecule has 0 atom stereocenters. The average molecular weight is 220 g/mol. The zero-order valence-corrected chi connectivity index (χ0v) is 9.66. The minimum atomic E-state index is 0.138. The molecule has 2 rings (SSSR count). The summed E-state index contributed by atoms with van der Waals surface area (Å²) in [6.45, 7) is 0.720. The first-order chi connectivity index (χ1) is 7.75. The van der Waals surface area contributed by atoms with Crippen LogP contribution in [0.4, 0.5) is 0 Å². The van der Waals surface area contributed by atoms with Gasteiger partial charge in [-0.05, 0) is 30.5 Å². The van der Waals surface area contributed by atoms with Crippen molar-refractivity contribution in [3.63, 3.8) is 0 Å². The maximum absolute atomic E-state index is 10.9. The summed E-state index contributed by atoms with van der Waals surface area (Å²) in [5.74, 6) is 0.631. The highest BCUT2D eigenvalue weighted by molar-refractivity contribution is 5.80. The second-order valence-electron chi connectivity index (χ2n) is 4.29. The van der Waals surface area contributed by atoms with Crippen LogP contribution in [0.3, 0.4) is 0 Å². The molecule has 0 aliphatic heterocycles. The third-order valence-corrected chi connectivity index (χ3v) is 3.24. The van der Waals surface area contributed by atoms with E-state index in [2.05, 4.69) is 0 Å². The fraction of sp³-hybridized carbons (Fsp3) is 0.462. The maximum atomic E-state index is 10.9. The molecule has 0 heterocycles. The van der Waals surface area contributed by atoms with E-state index in [0.717, 1.165) is 25.7 Å². The zero-order chi connectivity index (χ0) is 11.6. The highest BCUT2D eigenvalue weighted by Gasteiger charge is 2.44. The van der Waals surface area contributed by atoms with Crippen LogP contribution in [0, 0.1) is 0 Å². The van der Waals surface area contributed by atoms with Crippen LogP contribution < -0.4 is 4.74 Å². The largest absolute Gasteiger partial charge is 0.496 e. The number of carbonyl (C=O) groups excluding carboxylic acids is 1. The Morgan fingerprint density at radius 3 is 2.62 bits per heavy atom. The van der Waals surface area contributed by atoms with E-state index in [9.17, 15) is 4.79 Å². The topological polar surface area (TPSA) is 35.5 Å². The number of rotatable bonds is 5. The highest BCUT2D eigenvalue weighted by Crippen LogP contribution is 2.48. The molecule has 86 valence electrons. The minimum Gasteiger partial charge on any atom is -0.496 e. The lowest BCUT2D eigenvalue weighted by molar-refractivity contribution is 0.112. The van der Waals surface area contributed by atoms with Crippen LogP contribution in [0.2, 0.25) is 0 Å². The standard InChI is InChI=1S/C13H16O3/c1-15-9-13(5-6-13)11-3-4-12(16-2)10(7-11)8-14/h3-4,7-8H,5-6,9H2,1-2H3. The molecule has 1 aromatic carbocycles. The van der Waals surface area contributed by atoms with E-state index in [1.807, 2.05) is 18.2 Å². The van der Waals surface area contributed by atoms with Crippen molar-refractivity contribution in [3.8, 4) is 5.75 Å². The Hall–Kier alpha value is -1.35. The predicted octanol–water partition coefficient (Wildman–Crippen LogP) is 2.19. The van der Waals surface area contributed by atoms with E-state index in [1.54, 1.807) is 14.2 Å². The summed E-state index contributed by atoms with van der Waals surface area (Å²) < 4.78 is 10.4. The van der Waals surface area contributed by atoms with Crippen molar-refractivity contribution >= 4 is 6.29 Å². The van der Waals surface area contributed by atoms with E-state index in [-0.39, 0.29) is 5.41 Å². The van der Waals surface area contributed by atoms with Gasteiger partial charge in [-0.25, -0.2) is 0 Å². The third kappa shape index (κ3) is 1.83. The molecule has 3 heteroatoms. The van der Waals surface area contributed by atoms with Gasteiger partial charge in [0.25, 0.3) is 0 Å². The van der Waals surface area contributed by atoms with Crippen molar-refractivity contribution in [1.82, 2.24) is 0 Å². The summed E-state index contributed by atoms with van der Waals surface area (Å²) in [7, 11) is 3.29. The van der Waals surface area contributed by atoms with Gasteiger partial charge in [-0.3, -0.25) is 4.79 Å². The number of aldehydes is 1. The van der Waals surface area contributed by atoms with E-state index in [0.29, 0.717) is 11.3 Å². The molecule has 1 aliphatic rings.